The van der Waals surface area contributed by atoms with Crippen molar-refractivity contribution in [1.29, 1.82) is 0 Å². The molecule has 0 fully saturated rings. The van der Waals surface area contributed by atoms with E-state index >= 15 is 0 Å². The summed E-state index contributed by atoms with van der Waals surface area (Å²) in [6.45, 7) is 5.28. The van der Waals surface area contributed by atoms with Gasteiger partial charge < -0.3 is 9.32 Å². The zero-order chi connectivity index (χ0) is 22.7. The Morgan fingerprint density at radius 1 is 1.19 bits per heavy atom. The number of aliphatic imine (C=N–C) groups is 1. The van der Waals surface area contributed by atoms with Crippen molar-refractivity contribution in [2.24, 2.45) is 10.9 Å². The Bertz CT molecular complexity index is 1180. The number of rotatable bonds is 6. The third-order valence-corrected chi connectivity index (χ3v) is 6.48. The molecule has 1 aromatic heterocycles. The summed E-state index contributed by atoms with van der Waals surface area (Å²) in [5, 5.41) is 0.969. The molecule has 1 unspecified atom stereocenters. The molecule has 1 aliphatic carbocycles. The minimum absolute atomic E-state index is 0.264. The number of fused-ring (bicyclic) bond motifs is 2. The van der Waals surface area contributed by atoms with Gasteiger partial charge in [0, 0.05) is 22.7 Å². The van der Waals surface area contributed by atoms with E-state index in [1.807, 2.05) is 12.1 Å². The lowest BCUT2D eigenvalue weighted by Crippen LogP contribution is -2.21. The van der Waals surface area contributed by atoms with Gasteiger partial charge in [0.15, 0.2) is 0 Å². The van der Waals surface area contributed by atoms with Crippen LogP contribution in [0.1, 0.15) is 57.1 Å². The van der Waals surface area contributed by atoms with E-state index in [2.05, 4.69) is 63.2 Å². The number of aryl methyl sites for hydroxylation is 1. The summed E-state index contributed by atoms with van der Waals surface area (Å²) in [5.41, 5.74) is 6.73. The molecule has 4 rings (SSSR count). The van der Waals surface area contributed by atoms with Gasteiger partial charge in [0.2, 0.25) is 0 Å². The van der Waals surface area contributed by atoms with Crippen molar-refractivity contribution in [3.63, 3.8) is 0 Å². The summed E-state index contributed by atoms with van der Waals surface area (Å²) < 4.78 is 5.80. The van der Waals surface area contributed by atoms with Crippen LogP contribution in [0.5, 0.6) is 0 Å². The molecule has 2 aliphatic rings. The number of benzene rings is 1. The Kier molecular flexibility index (Phi) is 6.90. The molecule has 168 valence electrons. The van der Waals surface area contributed by atoms with Crippen molar-refractivity contribution in [3.8, 4) is 0 Å². The molecule has 1 aromatic carbocycles. The van der Waals surface area contributed by atoms with Crippen molar-refractivity contribution in [1.82, 2.24) is 4.90 Å². The maximum absolute atomic E-state index is 13.0. The molecule has 0 radical (unpaired) electrons. The van der Waals surface area contributed by atoms with E-state index in [0.717, 1.165) is 61.7 Å². The second kappa shape index (κ2) is 9.83. The van der Waals surface area contributed by atoms with Gasteiger partial charge >= 0.3 is 5.63 Å². The average molecular weight is 431 g/mol. The van der Waals surface area contributed by atoms with Crippen molar-refractivity contribution in [2.75, 3.05) is 20.6 Å². The molecule has 0 amide bonds. The van der Waals surface area contributed by atoms with Crippen molar-refractivity contribution in [2.45, 2.75) is 52.4 Å². The zero-order valence-electron chi connectivity index (χ0n) is 19.8. The van der Waals surface area contributed by atoms with Crippen LogP contribution in [-0.2, 0) is 6.42 Å². The molecule has 0 saturated carbocycles. The quantitative estimate of drug-likeness (QED) is 0.515. The number of hydrogen-bond acceptors (Lipinski definition) is 4. The van der Waals surface area contributed by atoms with Gasteiger partial charge in [-0.25, -0.2) is 4.79 Å². The Labute approximate surface area is 191 Å². The van der Waals surface area contributed by atoms with E-state index in [4.69, 9.17) is 9.41 Å². The van der Waals surface area contributed by atoms with Gasteiger partial charge in [-0.05, 0) is 101 Å². The van der Waals surface area contributed by atoms with Crippen molar-refractivity contribution in [3.05, 3.63) is 75.3 Å². The molecule has 4 nitrogen and oxygen atoms in total. The number of nitrogens with zero attached hydrogens (tertiary/aromatic N) is 2. The lowest BCUT2D eigenvalue weighted by Gasteiger charge is -2.25. The predicted molar refractivity (Wildman–Crippen MR) is 134 cm³/mol. The summed E-state index contributed by atoms with van der Waals surface area (Å²) in [7, 11) is 4.17. The van der Waals surface area contributed by atoms with Crippen LogP contribution in [0.25, 0.3) is 16.5 Å². The lowest BCUT2D eigenvalue weighted by atomic mass is 9.83. The first kappa shape index (κ1) is 22.5. The van der Waals surface area contributed by atoms with E-state index in [0.29, 0.717) is 17.1 Å². The standard InChI is InChI=1S/C28H34N2O2/c1-5-21-17-23(10-6-9-22-13-11-19(2)29-27(21)22)25-18-24-14-12-20(8-7-15-30(3)4)16-26(24)32-28(25)31/h10-12,14,16-18,22H,5-9,13,15H2,1-4H3. The lowest BCUT2D eigenvalue weighted by molar-refractivity contribution is 0.400. The highest BCUT2D eigenvalue weighted by atomic mass is 16.4. The molecule has 4 heteroatoms. The average Bonchev–Trinajstić information content (AvgIpc) is 2.75. The van der Waals surface area contributed by atoms with E-state index in [1.165, 1.54) is 16.8 Å². The van der Waals surface area contributed by atoms with Gasteiger partial charge in [-0.1, -0.05) is 31.2 Å². The molecule has 0 bridgehead atoms. The minimum atomic E-state index is -0.264. The molecule has 0 N–H and O–H groups in total. The topological polar surface area (TPSA) is 45.8 Å². The van der Waals surface area contributed by atoms with E-state index in [9.17, 15) is 4.79 Å². The van der Waals surface area contributed by atoms with Crippen LogP contribution < -0.4 is 5.63 Å². The normalized spacial score (nSPS) is 19.0. The largest absolute Gasteiger partial charge is 0.422 e. The van der Waals surface area contributed by atoms with E-state index in [1.54, 1.807) is 0 Å². The highest BCUT2D eigenvalue weighted by molar-refractivity contribution is 6.05. The molecule has 1 aliphatic heterocycles. The highest BCUT2D eigenvalue weighted by Gasteiger charge is 2.23. The summed E-state index contributed by atoms with van der Waals surface area (Å²) in [6.07, 6.45) is 12.6. The van der Waals surface area contributed by atoms with E-state index < -0.39 is 0 Å². The van der Waals surface area contributed by atoms with Gasteiger partial charge in [-0.15, -0.1) is 0 Å². The number of hydrogen-bond donors (Lipinski definition) is 0. The second-order valence-corrected chi connectivity index (χ2v) is 9.26. The van der Waals surface area contributed by atoms with Gasteiger partial charge in [-0.2, -0.15) is 0 Å². The molecule has 2 aromatic rings. The first-order valence-electron chi connectivity index (χ1n) is 11.8. The first-order chi connectivity index (χ1) is 15.4. The number of allylic oxidation sites excluding steroid dienone is 6. The monoisotopic (exact) mass is 430 g/mol. The van der Waals surface area contributed by atoms with Gasteiger partial charge in [-0.3, -0.25) is 4.99 Å². The van der Waals surface area contributed by atoms with Crippen LogP contribution >= 0.6 is 0 Å². The molecule has 0 saturated heterocycles. The Balaban J connectivity index is 1.67. The molecule has 2 heterocycles. The van der Waals surface area contributed by atoms with Crippen LogP contribution in [-0.4, -0.2) is 31.3 Å². The van der Waals surface area contributed by atoms with Crippen LogP contribution in [0.15, 0.2) is 68.0 Å². The summed E-state index contributed by atoms with van der Waals surface area (Å²) in [5.74, 6) is 0.474. The Hall–Kier alpha value is -2.72. The summed E-state index contributed by atoms with van der Waals surface area (Å²) in [6, 6.07) is 8.24. The third-order valence-electron chi connectivity index (χ3n) is 6.48. The SMILES string of the molecule is CCC1=CC(c2cc3ccc(CCCN(C)C)cc3oc2=O)=CCCC2CC=C(C)N=C12. The molecule has 0 spiro atoms. The van der Waals surface area contributed by atoms with Crippen LogP contribution in [0, 0.1) is 5.92 Å². The molecule has 32 heavy (non-hydrogen) atoms. The van der Waals surface area contributed by atoms with Gasteiger partial charge in [0.25, 0.3) is 0 Å². The fourth-order valence-electron chi connectivity index (χ4n) is 4.68. The van der Waals surface area contributed by atoms with Crippen molar-refractivity contribution < 1.29 is 4.42 Å². The van der Waals surface area contributed by atoms with Crippen LogP contribution in [0.4, 0.5) is 0 Å². The second-order valence-electron chi connectivity index (χ2n) is 9.26. The first-order valence-corrected chi connectivity index (χ1v) is 11.8. The van der Waals surface area contributed by atoms with E-state index in [-0.39, 0.29) is 5.63 Å². The minimum Gasteiger partial charge on any atom is -0.422 e. The molecular weight excluding hydrogens is 396 g/mol. The fourth-order valence-corrected chi connectivity index (χ4v) is 4.68. The maximum Gasteiger partial charge on any atom is 0.344 e. The van der Waals surface area contributed by atoms with Gasteiger partial charge in [0.1, 0.15) is 5.58 Å². The fraction of sp³-hybridized carbons (Fsp3) is 0.429. The Morgan fingerprint density at radius 3 is 2.81 bits per heavy atom. The third kappa shape index (κ3) is 5.02. The predicted octanol–water partition coefficient (Wildman–Crippen LogP) is 6.17. The summed E-state index contributed by atoms with van der Waals surface area (Å²) in [4.78, 5) is 20.1. The Morgan fingerprint density at radius 2 is 2.03 bits per heavy atom. The smallest absolute Gasteiger partial charge is 0.344 e. The molecule has 1 atom stereocenters. The zero-order valence-corrected chi connectivity index (χ0v) is 19.8. The molecular formula is C28H34N2O2. The van der Waals surface area contributed by atoms with Crippen molar-refractivity contribution >= 4 is 22.3 Å². The maximum atomic E-state index is 13.0. The summed E-state index contributed by atoms with van der Waals surface area (Å²) >= 11 is 0. The van der Waals surface area contributed by atoms with Crippen LogP contribution in [0.2, 0.25) is 0 Å². The van der Waals surface area contributed by atoms with Gasteiger partial charge in [0.05, 0.1) is 5.56 Å². The van der Waals surface area contributed by atoms with Crippen LogP contribution in [0.3, 0.4) is 0 Å². The highest BCUT2D eigenvalue weighted by Crippen LogP contribution is 2.32.